The predicted molar refractivity (Wildman–Crippen MR) is 129 cm³/mol. The maximum Gasteiger partial charge on any atom is 0.573 e. The molecule has 12 heteroatoms. The van der Waals surface area contributed by atoms with Crippen LogP contribution in [0.5, 0.6) is 5.75 Å². The first kappa shape index (κ1) is 24.6. The minimum absolute atomic E-state index is 0.106. The van der Waals surface area contributed by atoms with Crippen molar-refractivity contribution in [3.8, 4) is 5.75 Å². The summed E-state index contributed by atoms with van der Waals surface area (Å²) in [6, 6.07) is 13.2. The molecule has 2 unspecified atom stereocenters. The van der Waals surface area contributed by atoms with Gasteiger partial charge in [0.25, 0.3) is 11.8 Å². The number of imide groups is 1. The summed E-state index contributed by atoms with van der Waals surface area (Å²) in [7, 11) is 0. The number of ether oxygens (including phenoxy) is 1. The second kappa shape index (κ2) is 8.77. The lowest BCUT2D eigenvalue weighted by atomic mass is 10.1. The van der Waals surface area contributed by atoms with Crippen LogP contribution in [-0.4, -0.2) is 34.7 Å². The smallest absolute Gasteiger partial charge is 0.406 e. The number of urea groups is 1. The maximum absolute atomic E-state index is 13.5. The second-order valence-corrected chi connectivity index (χ2v) is 9.13. The quantitative estimate of drug-likeness (QED) is 0.431. The normalized spacial score (nSPS) is 20.9. The number of nitrogens with zero attached hydrogens (tertiary/aromatic N) is 3. The van der Waals surface area contributed by atoms with Crippen molar-refractivity contribution >= 4 is 46.6 Å². The molecule has 0 bridgehead atoms. The SMILES string of the molecule is CC1CC12C(=O)N(c1ccc(OC(F)(F)F)cc1)C(=O)N2c1ccnc(NC(=O)c2cccc(Cl)c2)c1. The fourth-order valence-electron chi connectivity index (χ4n) is 4.47. The average Bonchev–Trinajstić information content (AvgIpc) is 3.44. The molecule has 2 fully saturated rings. The first-order chi connectivity index (χ1) is 17.5. The van der Waals surface area contributed by atoms with Crippen molar-refractivity contribution in [1.82, 2.24) is 4.98 Å². The van der Waals surface area contributed by atoms with Crippen molar-refractivity contribution in [1.29, 1.82) is 0 Å². The van der Waals surface area contributed by atoms with Gasteiger partial charge >= 0.3 is 12.4 Å². The van der Waals surface area contributed by atoms with Crippen molar-refractivity contribution in [2.75, 3.05) is 15.1 Å². The number of halogens is 4. The number of nitrogens with one attached hydrogen (secondary N) is 1. The zero-order valence-corrected chi connectivity index (χ0v) is 19.9. The molecule has 2 aromatic carbocycles. The van der Waals surface area contributed by atoms with Crippen LogP contribution in [0.1, 0.15) is 23.7 Å². The topological polar surface area (TPSA) is 91.8 Å². The van der Waals surface area contributed by atoms with Gasteiger partial charge in [-0.2, -0.15) is 0 Å². The molecule has 1 saturated heterocycles. The van der Waals surface area contributed by atoms with E-state index in [-0.39, 0.29) is 17.4 Å². The number of carbonyl (C=O) groups is 3. The lowest BCUT2D eigenvalue weighted by Gasteiger charge is -2.22. The number of benzene rings is 2. The number of hydrogen-bond donors (Lipinski definition) is 1. The molecule has 2 heterocycles. The van der Waals surface area contributed by atoms with Crippen LogP contribution in [0.2, 0.25) is 5.02 Å². The Labute approximate surface area is 213 Å². The summed E-state index contributed by atoms with van der Waals surface area (Å²) in [4.78, 5) is 46.0. The van der Waals surface area contributed by atoms with Crippen LogP contribution in [0, 0.1) is 5.92 Å². The van der Waals surface area contributed by atoms with Gasteiger partial charge in [0, 0.05) is 22.8 Å². The minimum atomic E-state index is -4.87. The van der Waals surface area contributed by atoms with E-state index in [1.165, 1.54) is 41.4 Å². The lowest BCUT2D eigenvalue weighted by molar-refractivity contribution is -0.274. The third-order valence-electron chi connectivity index (χ3n) is 6.29. The van der Waals surface area contributed by atoms with Crippen LogP contribution < -0.4 is 19.9 Å². The van der Waals surface area contributed by atoms with Gasteiger partial charge in [-0.1, -0.05) is 24.6 Å². The number of anilines is 3. The van der Waals surface area contributed by atoms with E-state index in [0.29, 0.717) is 22.7 Å². The van der Waals surface area contributed by atoms with E-state index in [1.807, 2.05) is 6.92 Å². The highest BCUT2D eigenvalue weighted by atomic mass is 35.5. The zero-order chi connectivity index (χ0) is 26.5. The fraction of sp³-hybridized carbons (Fsp3) is 0.200. The highest BCUT2D eigenvalue weighted by molar-refractivity contribution is 6.32. The van der Waals surface area contributed by atoms with Crippen LogP contribution >= 0.6 is 11.6 Å². The molecule has 1 aliphatic carbocycles. The summed E-state index contributed by atoms with van der Waals surface area (Å²) in [6.45, 7) is 1.82. The molecule has 8 nitrogen and oxygen atoms in total. The molecular formula is C25H18ClF3N4O4. The number of aromatic nitrogens is 1. The predicted octanol–water partition coefficient (Wildman–Crippen LogP) is 5.64. The first-order valence-electron chi connectivity index (χ1n) is 11.1. The first-order valence-corrected chi connectivity index (χ1v) is 11.4. The summed E-state index contributed by atoms with van der Waals surface area (Å²) in [5.74, 6) is -1.45. The Balaban J connectivity index is 1.43. The molecule has 4 amide bonds. The van der Waals surface area contributed by atoms with E-state index in [0.717, 1.165) is 17.0 Å². The Hall–Kier alpha value is -4.12. The molecule has 0 radical (unpaired) electrons. The van der Waals surface area contributed by atoms with Gasteiger partial charge in [-0.15, -0.1) is 13.2 Å². The Morgan fingerprint density at radius 1 is 1.11 bits per heavy atom. The highest BCUT2D eigenvalue weighted by Gasteiger charge is 2.70. The number of amides is 4. The number of pyridine rings is 1. The summed E-state index contributed by atoms with van der Waals surface area (Å²) < 4.78 is 41.4. The monoisotopic (exact) mass is 530 g/mol. The molecule has 190 valence electrons. The fourth-order valence-corrected chi connectivity index (χ4v) is 4.67. The van der Waals surface area contributed by atoms with E-state index < -0.39 is 35.5 Å². The summed E-state index contributed by atoms with van der Waals surface area (Å²) in [6.07, 6.45) is -3.07. The molecular weight excluding hydrogens is 513 g/mol. The Bertz CT molecular complexity index is 1420. The van der Waals surface area contributed by atoms with Gasteiger partial charge in [0.05, 0.1) is 11.4 Å². The number of rotatable bonds is 5. The number of alkyl halides is 3. The highest BCUT2D eigenvalue weighted by Crippen LogP contribution is 2.55. The van der Waals surface area contributed by atoms with Crippen LogP contribution in [0.25, 0.3) is 0 Å². The molecule has 5 rings (SSSR count). The molecule has 1 aromatic heterocycles. The van der Waals surface area contributed by atoms with Crippen LogP contribution in [0.3, 0.4) is 0 Å². The van der Waals surface area contributed by atoms with Gasteiger partial charge in [-0.25, -0.2) is 14.7 Å². The Morgan fingerprint density at radius 2 is 1.81 bits per heavy atom. The van der Waals surface area contributed by atoms with Crippen molar-refractivity contribution in [2.45, 2.75) is 25.2 Å². The van der Waals surface area contributed by atoms with E-state index >= 15 is 0 Å². The van der Waals surface area contributed by atoms with Crippen molar-refractivity contribution in [3.05, 3.63) is 77.4 Å². The van der Waals surface area contributed by atoms with Gasteiger partial charge in [-0.3, -0.25) is 14.5 Å². The zero-order valence-electron chi connectivity index (χ0n) is 19.1. The molecule has 2 atom stereocenters. The molecule has 1 saturated carbocycles. The summed E-state index contributed by atoms with van der Waals surface area (Å²) in [5, 5.41) is 3.04. The Kier molecular flexibility index (Phi) is 5.82. The molecule has 1 spiro atoms. The third-order valence-corrected chi connectivity index (χ3v) is 6.52. The van der Waals surface area contributed by atoms with E-state index in [4.69, 9.17) is 11.6 Å². The van der Waals surface area contributed by atoms with Gasteiger partial charge in [0.1, 0.15) is 17.1 Å². The molecule has 3 aromatic rings. The van der Waals surface area contributed by atoms with Crippen LogP contribution in [0.4, 0.5) is 35.2 Å². The van der Waals surface area contributed by atoms with Crippen molar-refractivity contribution < 1.29 is 32.3 Å². The Morgan fingerprint density at radius 3 is 2.43 bits per heavy atom. The molecule has 2 aliphatic rings. The summed E-state index contributed by atoms with van der Waals surface area (Å²) in [5.41, 5.74) is -0.399. The van der Waals surface area contributed by atoms with Crippen molar-refractivity contribution in [3.63, 3.8) is 0 Å². The van der Waals surface area contributed by atoms with E-state index in [2.05, 4.69) is 15.0 Å². The van der Waals surface area contributed by atoms with Gasteiger partial charge in [0.2, 0.25) is 0 Å². The van der Waals surface area contributed by atoms with Crippen LogP contribution in [0.15, 0.2) is 66.9 Å². The van der Waals surface area contributed by atoms with Gasteiger partial charge in [-0.05, 0) is 60.9 Å². The third kappa shape index (κ3) is 4.46. The standard InChI is InChI=1S/C25H18ClF3N4O4/c1-14-13-24(14)22(35)32(17-5-7-19(8-6-17)37-25(27,28)29)23(36)33(24)18-9-10-30-20(12-18)31-21(34)15-3-2-4-16(26)11-15/h2-12,14H,13H2,1H3,(H,30,31,34). The minimum Gasteiger partial charge on any atom is -0.406 e. The number of hydrogen-bond acceptors (Lipinski definition) is 5. The second-order valence-electron chi connectivity index (χ2n) is 8.69. The lowest BCUT2D eigenvalue weighted by Crippen LogP contribution is -2.39. The average molecular weight is 531 g/mol. The molecule has 1 aliphatic heterocycles. The molecule has 1 N–H and O–H groups in total. The van der Waals surface area contributed by atoms with Crippen molar-refractivity contribution in [2.24, 2.45) is 5.92 Å². The maximum atomic E-state index is 13.5. The molecule has 37 heavy (non-hydrogen) atoms. The van der Waals surface area contributed by atoms with Gasteiger partial charge in [0.15, 0.2) is 0 Å². The largest absolute Gasteiger partial charge is 0.573 e. The van der Waals surface area contributed by atoms with E-state index in [9.17, 15) is 27.6 Å². The number of carbonyl (C=O) groups excluding carboxylic acids is 3. The van der Waals surface area contributed by atoms with E-state index in [1.54, 1.807) is 18.2 Å². The summed E-state index contributed by atoms with van der Waals surface area (Å²) >= 11 is 5.95. The van der Waals surface area contributed by atoms with Gasteiger partial charge < -0.3 is 10.1 Å². The van der Waals surface area contributed by atoms with Crippen LogP contribution in [-0.2, 0) is 4.79 Å².